The molecule has 2 aromatic rings. The van der Waals surface area contributed by atoms with Crippen LogP contribution in [0, 0.1) is 13.8 Å². The molecular weight excluding hydrogens is 364 g/mol. The molecule has 2 amide bonds. The molecule has 0 spiro atoms. The normalized spacial score (nSPS) is 11.6. The molecule has 0 unspecified atom stereocenters. The van der Waals surface area contributed by atoms with E-state index in [9.17, 15) is 9.59 Å². The zero-order chi connectivity index (χ0) is 21.9. The minimum Gasteiger partial charge on any atom is -0.331 e. The first-order valence-electron chi connectivity index (χ1n) is 10.2. The van der Waals surface area contributed by atoms with Gasteiger partial charge in [0, 0.05) is 23.9 Å². The van der Waals surface area contributed by atoms with Gasteiger partial charge in [0.05, 0.1) is 11.4 Å². The fraction of sp³-hybridized carbons (Fsp3) is 0.522. The van der Waals surface area contributed by atoms with Crippen molar-refractivity contribution in [2.24, 2.45) is 0 Å². The van der Waals surface area contributed by atoms with Gasteiger partial charge in [-0.25, -0.2) is 4.68 Å². The summed E-state index contributed by atoms with van der Waals surface area (Å²) in [4.78, 5) is 26.6. The van der Waals surface area contributed by atoms with Crippen LogP contribution in [-0.4, -0.2) is 39.1 Å². The van der Waals surface area contributed by atoms with Crippen LogP contribution in [0.25, 0.3) is 5.69 Å². The number of benzene rings is 1. The molecule has 0 aliphatic rings. The van der Waals surface area contributed by atoms with Crippen LogP contribution in [0.5, 0.6) is 0 Å². The van der Waals surface area contributed by atoms with Gasteiger partial charge in [-0.2, -0.15) is 5.10 Å². The highest BCUT2D eigenvalue weighted by Gasteiger charge is 2.24. The number of nitrogens with zero attached hydrogens (tertiary/aromatic N) is 3. The first-order valence-corrected chi connectivity index (χ1v) is 10.2. The van der Waals surface area contributed by atoms with Gasteiger partial charge in [0.2, 0.25) is 11.8 Å². The fourth-order valence-electron chi connectivity index (χ4n) is 3.08. The number of amides is 2. The summed E-state index contributed by atoms with van der Waals surface area (Å²) in [6.07, 6.45) is 0.375. The predicted octanol–water partition coefficient (Wildman–Crippen LogP) is 4.37. The molecule has 1 aromatic heterocycles. The summed E-state index contributed by atoms with van der Waals surface area (Å²) in [5, 5.41) is 7.77. The van der Waals surface area contributed by atoms with Crippen molar-refractivity contribution in [3.63, 3.8) is 0 Å². The lowest BCUT2D eigenvalue weighted by Gasteiger charge is -2.25. The van der Waals surface area contributed by atoms with E-state index in [1.807, 2.05) is 32.0 Å². The Morgan fingerprint density at radius 1 is 1.21 bits per heavy atom. The number of carbonyl (C=O) groups excluding carboxylic acids is 2. The third-order valence-electron chi connectivity index (χ3n) is 5.11. The van der Waals surface area contributed by atoms with E-state index in [-0.39, 0.29) is 29.8 Å². The number of carbonyl (C=O) groups is 2. The Balaban J connectivity index is 2.41. The molecule has 0 atom stereocenters. The maximum Gasteiger partial charge on any atom is 0.245 e. The number of hydrogen-bond acceptors (Lipinski definition) is 3. The zero-order valence-corrected chi connectivity index (χ0v) is 19.0. The standard InChI is InChI=1S/C23H34N4O2/c1-9-22(29)26(15(2)3)14-21(28)24-20-13-19(23(6,7)8)25-27(20)18-12-10-11-16(4)17(18)5/h10-13,15H,9,14H2,1-8H3,(H,24,28). The molecule has 0 bridgehead atoms. The summed E-state index contributed by atoms with van der Waals surface area (Å²) < 4.78 is 1.79. The molecule has 0 saturated carbocycles. The number of aryl methyl sites for hydroxylation is 1. The van der Waals surface area contributed by atoms with Crippen LogP contribution in [0.1, 0.15) is 64.8 Å². The molecule has 1 heterocycles. The SMILES string of the molecule is CCC(=O)N(CC(=O)Nc1cc(C(C)(C)C)nn1-c1cccc(C)c1C)C(C)C. The molecular formula is C23H34N4O2. The van der Waals surface area contributed by atoms with E-state index in [0.717, 1.165) is 22.5 Å². The second-order valence-corrected chi connectivity index (χ2v) is 8.81. The van der Waals surface area contributed by atoms with Crippen molar-refractivity contribution in [3.05, 3.63) is 41.1 Å². The molecule has 0 aliphatic carbocycles. The highest BCUT2D eigenvalue weighted by molar-refractivity contribution is 5.94. The van der Waals surface area contributed by atoms with E-state index in [1.165, 1.54) is 0 Å². The van der Waals surface area contributed by atoms with Gasteiger partial charge >= 0.3 is 0 Å². The fourth-order valence-corrected chi connectivity index (χ4v) is 3.08. The van der Waals surface area contributed by atoms with Crippen molar-refractivity contribution in [1.82, 2.24) is 14.7 Å². The second-order valence-electron chi connectivity index (χ2n) is 8.81. The van der Waals surface area contributed by atoms with Crippen molar-refractivity contribution in [1.29, 1.82) is 0 Å². The largest absolute Gasteiger partial charge is 0.331 e. The summed E-state index contributed by atoms with van der Waals surface area (Å²) in [7, 11) is 0. The van der Waals surface area contributed by atoms with E-state index in [0.29, 0.717) is 12.2 Å². The molecule has 1 N–H and O–H groups in total. The highest BCUT2D eigenvalue weighted by Crippen LogP contribution is 2.28. The van der Waals surface area contributed by atoms with Crippen LogP contribution in [0.4, 0.5) is 5.82 Å². The second kappa shape index (κ2) is 8.80. The molecule has 0 fully saturated rings. The molecule has 0 aliphatic heterocycles. The summed E-state index contributed by atoms with van der Waals surface area (Å²) in [5.41, 5.74) is 3.92. The van der Waals surface area contributed by atoms with Crippen molar-refractivity contribution in [2.45, 2.75) is 73.3 Å². The van der Waals surface area contributed by atoms with Gasteiger partial charge in [0.25, 0.3) is 0 Å². The Morgan fingerprint density at radius 2 is 1.86 bits per heavy atom. The zero-order valence-electron chi connectivity index (χ0n) is 19.0. The minimum absolute atomic E-state index is 0.0210. The summed E-state index contributed by atoms with van der Waals surface area (Å²) in [5.74, 6) is 0.349. The predicted molar refractivity (Wildman–Crippen MR) is 118 cm³/mol. The topological polar surface area (TPSA) is 67.2 Å². The van der Waals surface area contributed by atoms with Gasteiger partial charge in [-0.3, -0.25) is 9.59 Å². The third kappa shape index (κ3) is 5.25. The molecule has 1 aromatic carbocycles. The number of hydrogen-bond donors (Lipinski definition) is 1. The number of nitrogens with one attached hydrogen (secondary N) is 1. The number of anilines is 1. The van der Waals surface area contributed by atoms with E-state index < -0.39 is 0 Å². The van der Waals surface area contributed by atoms with Crippen LogP contribution >= 0.6 is 0 Å². The monoisotopic (exact) mass is 398 g/mol. The number of rotatable bonds is 6. The number of aromatic nitrogens is 2. The molecule has 2 rings (SSSR count). The lowest BCUT2D eigenvalue weighted by atomic mass is 9.92. The summed E-state index contributed by atoms with van der Waals surface area (Å²) in [6.45, 7) is 16.0. The highest BCUT2D eigenvalue weighted by atomic mass is 16.2. The van der Waals surface area contributed by atoms with Gasteiger partial charge in [-0.15, -0.1) is 0 Å². The van der Waals surface area contributed by atoms with Gasteiger partial charge < -0.3 is 10.2 Å². The van der Waals surface area contributed by atoms with Crippen molar-refractivity contribution < 1.29 is 9.59 Å². The van der Waals surface area contributed by atoms with E-state index in [1.54, 1.807) is 16.5 Å². The van der Waals surface area contributed by atoms with Crippen LogP contribution in [0.3, 0.4) is 0 Å². The maximum absolute atomic E-state index is 12.8. The summed E-state index contributed by atoms with van der Waals surface area (Å²) >= 11 is 0. The molecule has 0 saturated heterocycles. The third-order valence-corrected chi connectivity index (χ3v) is 5.11. The summed E-state index contributed by atoms with van der Waals surface area (Å²) in [6, 6.07) is 7.92. The average molecular weight is 399 g/mol. The smallest absolute Gasteiger partial charge is 0.245 e. The Hall–Kier alpha value is -2.63. The van der Waals surface area contributed by atoms with Crippen LogP contribution in [-0.2, 0) is 15.0 Å². The lowest BCUT2D eigenvalue weighted by molar-refractivity contribution is -0.136. The molecule has 29 heavy (non-hydrogen) atoms. The molecule has 6 heteroatoms. The van der Waals surface area contributed by atoms with E-state index >= 15 is 0 Å². The van der Waals surface area contributed by atoms with Gasteiger partial charge in [-0.1, -0.05) is 39.8 Å². The minimum atomic E-state index is -0.229. The Bertz CT molecular complexity index is 891. The van der Waals surface area contributed by atoms with Crippen LogP contribution < -0.4 is 5.32 Å². The van der Waals surface area contributed by atoms with Gasteiger partial charge in [0.1, 0.15) is 12.4 Å². The van der Waals surface area contributed by atoms with Crippen molar-refractivity contribution >= 4 is 17.6 Å². The van der Waals surface area contributed by atoms with E-state index in [4.69, 9.17) is 5.10 Å². The van der Waals surface area contributed by atoms with Crippen LogP contribution in [0.15, 0.2) is 24.3 Å². The molecule has 6 nitrogen and oxygen atoms in total. The Kier molecular flexibility index (Phi) is 6.88. The first-order chi connectivity index (χ1) is 13.5. The van der Waals surface area contributed by atoms with Crippen molar-refractivity contribution in [2.75, 3.05) is 11.9 Å². The molecule has 158 valence electrons. The molecule has 0 radical (unpaired) electrons. The maximum atomic E-state index is 12.8. The Labute approximate surface area is 174 Å². The Morgan fingerprint density at radius 3 is 2.41 bits per heavy atom. The lowest BCUT2D eigenvalue weighted by Crippen LogP contribution is -2.42. The average Bonchev–Trinajstić information content (AvgIpc) is 3.05. The van der Waals surface area contributed by atoms with E-state index in [2.05, 4.69) is 46.0 Å². The van der Waals surface area contributed by atoms with Crippen molar-refractivity contribution in [3.8, 4) is 5.69 Å². The first kappa shape index (κ1) is 22.7. The van der Waals surface area contributed by atoms with Gasteiger partial charge in [-0.05, 0) is 44.9 Å². The van der Waals surface area contributed by atoms with Gasteiger partial charge in [0.15, 0.2) is 0 Å². The quantitative estimate of drug-likeness (QED) is 0.785. The van der Waals surface area contributed by atoms with Crippen LogP contribution in [0.2, 0.25) is 0 Å².